The van der Waals surface area contributed by atoms with Crippen molar-refractivity contribution in [2.75, 3.05) is 6.61 Å². The first-order chi connectivity index (χ1) is 30.0. The molecule has 0 aliphatic heterocycles. The molecule has 0 rings (SSSR count). The van der Waals surface area contributed by atoms with Gasteiger partial charge in [0.15, 0.2) is 0 Å². The molecule has 0 fully saturated rings. The number of aliphatic hydroxyl groups is 2. The zero-order valence-electron chi connectivity index (χ0n) is 40.3. The topological polar surface area (TPSA) is 95.9 Å². The number of carbonyl (C=O) groups is 2. The van der Waals surface area contributed by atoms with Crippen LogP contribution in [0.1, 0.15) is 252 Å². The number of ether oxygens (including phenoxy) is 1. The molecule has 6 nitrogen and oxygen atoms in total. The third-order valence-corrected chi connectivity index (χ3v) is 11.6. The Kier molecular flexibility index (Phi) is 46.6. The number of carbonyl (C=O) groups excluding carboxylic acids is 2. The smallest absolute Gasteiger partial charge is 0.306 e. The van der Waals surface area contributed by atoms with E-state index < -0.39 is 18.2 Å². The summed E-state index contributed by atoms with van der Waals surface area (Å²) in [5.74, 6) is -0.586. The monoisotopic (exact) mass is 854 g/mol. The Morgan fingerprint density at radius 2 is 0.885 bits per heavy atom. The van der Waals surface area contributed by atoms with Gasteiger partial charge in [0.2, 0.25) is 5.91 Å². The molecule has 0 aromatic rings. The first-order valence-electron chi connectivity index (χ1n) is 26.0. The molecule has 6 heteroatoms. The third kappa shape index (κ3) is 44.0. The summed E-state index contributed by atoms with van der Waals surface area (Å²) in [6.07, 6.45) is 60.1. The Morgan fingerprint density at radius 1 is 0.492 bits per heavy atom. The maximum absolute atomic E-state index is 13.2. The molecule has 61 heavy (non-hydrogen) atoms. The Bertz CT molecular complexity index is 1090. The van der Waals surface area contributed by atoms with Gasteiger partial charge in [-0.2, -0.15) is 0 Å². The van der Waals surface area contributed by atoms with Crippen LogP contribution < -0.4 is 5.32 Å². The second kappa shape index (κ2) is 48.6. The Balaban J connectivity index is 4.66. The number of amides is 1. The van der Waals surface area contributed by atoms with Gasteiger partial charge in [0, 0.05) is 12.8 Å². The molecule has 1 amide bonds. The van der Waals surface area contributed by atoms with Crippen molar-refractivity contribution in [3.63, 3.8) is 0 Å². The SMILES string of the molecule is CCCC/C=C\CCCCCCCC(=O)OC(C/C=C\C/C=C\C/C=C\C/C=C\CCCCC)CC(=O)NC(CO)C(O)CCCCCCCCCCCCCCCCCC. The molecule has 0 aliphatic rings. The zero-order valence-corrected chi connectivity index (χ0v) is 40.3. The first-order valence-corrected chi connectivity index (χ1v) is 26.0. The van der Waals surface area contributed by atoms with Crippen molar-refractivity contribution < 1.29 is 24.5 Å². The van der Waals surface area contributed by atoms with Crippen LogP contribution in [0.15, 0.2) is 60.8 Å². The molecular weight excluding hydrogens is 755 g/mol. The molecule has 0 heterocycles. The molecule has 0 bridgehead atoms. The number of hydrogen-bond acceptors (Lipinski definition) is 5. The van der Waals surface area contributed by atoms with E-state index >= 15 is 0 Å². The van der Waals surface area contributed by atoms with Crippen molar-refractivity contribution in [2.24, 2.45) is 0 Å². The van der Waals surface area contributed by atoms with E-state index in [1.54, 1.807) is 0 Å². The first kappa shape index (κ1) is 58.6. The predicted molar refractivity (Wildman–Crippen MR) is 264 cm³/mol. The molecule has 0 spiro atoms. The molecule has 0 saturated heterocycles. The molecule has 3 atom stereocenters. The van der Waals surface area contributed by atoms with Crippen LogP contribution in [0.3, 0.4) is 0 Å². The van der Waals surface area contributed by atoms with E-state index in [9.17, 15) is 19.8 Å². The predicted octanol–water partition coefficient (Wildman–Crippen LogP) is 15.6. The number of allylic oxidation sites excluding steroid dienone is 9. The largest absolute Gasteiger partial charge is 0.461 e. The maximum atomic E-state index is 13.2. The lowest BCUT2D eigenvalue weighted by Crippen LogP contribution is -2.46. The van der Waals surface area contributed by atoms with Crippen LogP contribution in [0.4, 0.5) is 0 Å². The molecule has 3 unspecified atom stereocenters. The van der Waals surface area contributed by atoms with Gasteiger partial charge in [0.25, 0.3) is 0 Å². The van der Waals surface area contributed by atoms with Gasteiger partial charge in [0.1, 0.15) is 6.10 Å². The standard InChI is InChI=1S/C55H99NO5/c1-4-7-10-13-16-19-22-24-26-28-30-33-35-38-41-44-47-53(58)52(50-57)56-54(59)49-51(61-55(60)48-45-42-39-36-31-21-18-15-12-9-6-3)46-43-40-37-34-32-29-27-25-23-20-17-14-11-8-5-2/h15,17-18,20,25,27,32,34,40,43,51-53,57-58H,4-14,16,19,21-24,26,28-31,33,35-39,41-42,44-50H2,1-3H3,(H,56,59)/b18-15-,20-17-,27-25-,34-32-,43-40-. The number of unbranched alkanes of at least 4 members (excludes halogenated alkanes) is 25. The molecule has 0 radical (unpaired) electrons. The summed E-state index contributed by atoms with van der Waals surface area (Å²) >= 11 is 0. The summed E-state index contributed by atoms with van der Waals surface area (Å²) in [6.45, 7) is 6.39. The van der Waals surface area contributed by atoms with E-state index in [2.05, 4.69) is 80.8 Å². The van der Waals surface area contributed by atoms with Crippen molar-refractivity contribution in [1.82, 2.24) is 5.32 Å². The summed E-state index contributed by atoms with van der Waals surface area (Å²) in [6, 6.07) is -0.733. The number of aliphatic hydroxyl groups excluding tert-OH is 2. The third-order valence-electron chi connectivity index (χ3n) is 11.6. The molecule has 0 aromatic heterocycles. The van der Waals surface area contributed by atoms with Gasteiger partial charge in [-0.15, -0.1) is 0 Å². The summed E-state index contributed by atoms with van der Waals surface area (Å²) in [5.41, 5.74) is 0. The second-order valence-electron chi connectivity index (χ2n) is 17.6. The Morgan fingerprint density at radius 3 is 1.41 bits per heavy atom. The second-order valence-corrected chi connectivity index (χ2v) is 17.6. The highest BCUT2D eigenvalue weighted by molar-refractivity contribution is 5.77. The average Bonchev–Trinajstić information content (AvgIpc) is 3.25. The summed E-state index contributed by atoms with van der Waals surface area (Å²) in [4.78, 5) is 26.1. The minimum Gasteiger partial charge on any atom is -0.461 e. The van der Waals surface area contributed by atoms with E-state index in [0.717, 1.165) is 64.2 Å². The van der Waals surface area contributed by atoms with E-state index in [1.807, 2.05) is 6.08 Å². The van der Waals surface area contributed by atoms with E-state index in [0.29, 0.717) is 19.3 Å². The Labute approximate surface area is 378 Å². The zero-order chi connectivity index (χ0) is 44.5. The number of esters is 1. The van der Waals surface area contributed by atoms with E-state index in [4.69, 9.17) is 4.74 Å². The highest BCUT2D eigenvalue weighted by atomic mass is 16.5. The molecular formula is C55H99NO5. The van der Waals surface area contributed by atoms with E-state index in [-0.39, 0.29) is 24.9 Å². The fraction of sp³-hybridized carbons (Fsp3) is 0.782. The van der Waals surface area contributed by atoms with Gasteiger partial charge in [0.05, 0.1) is 25.2 Å². The molecule has 3 N–H and O–H groups in total. The van der Waals surface area contributed by atoms with Crippen molar-refractivity contribution in [3.05, 3.63) is 60.8 Å². The van der Waals surface area contributed by atoms with Gasteiger partial charge in [-0.05, 0) is 64.2 Å². The van der Waals surface area contributed by atoms with Gasteiger partial charge < -0.3 is 20.3 Å². The molecule has 0 aromatic carbocycles. The number of hydrogen-bond donors (Lipinski definition) is 3. The molecule has 354 valence electrons. The highest BCUT2D eigenvalue weighted by Gasteiger charge is 2.23. The maximum Gasteiger partial charge on any atom is 0.306 e. The minimum absolute atomic E-state index is 0.00218. The van der Waals surface area contributed by atoms with Crippen molar-refractivity contribution in [3.8, 4) is 0 Å². The van der Waals surface area contributed by atoms with Crippen LogP contribution in [-0.4, -0.2) is 46.9 Å². The lowest BCUT2D eigenvalue weighted by atomic mass is 10.0. The highest BCUT2D eigenvalue weighted by Crippen LogP contribution is 2.16. The van der Waals surface area contributed by atoms with Gasteiger partial charge >= 0.3 is 5.97 Å². The van der Waals surface area contributed by atoms with Gasteiger partial charge in [-0.25, -0.2) is 0 Å². The molecule has 0 saturated carbocycles. The summed E-state index contributed by atoms with van der Waals surface area (Å²) < 4.78 is 5.85. The lowest BCUT2D eigenvalue weighted by molar-refractivity contribution is -0.150. The Hall–Kier alpha value is -2.44. The van der Waals surface area contributed by atoms with Crippen LogP contribution in [0.5, 0.6) is 0 Å². The lowest BCUT2D eigenvalue weighted by Gasteiger charge is -2.24. The van der Waals surface area contributed by atoms with Crippen LogP contribution in [0, 0.1) is 0 Å². The van der Waals surface area contributed by atoms with Crippen LogP contribution in [-0.2, 0) is 14.3 Å². The van der Waals surface area contributed by atoms with Crippen molar-refractivity contribution >= 4 is 11.9 Å². The van der Waals surface area contributed by atoms with Crippen LogP contribution in [0.2, 0.25) is 0 Å². The average molecular weight is 854 g/mol. The fourth-order valence-electron chi connectivity index (χ4n) is 7.57. The number of nitrogens with one attached hydrogen (secondary N) is 1. The van der Waals surface area contributed by atoms with E-state index in [1.165, 1.54) is 141 Å². The fourth-order valence-corrected chi connectivity index (χ4v) is 7.57. The molecule has 0 aliphatic carbocycles. The van der Waals surface area contributed by atoms with Crippen molar-refractivity contribution in [1.29, 1.82) is 0 Å². The minimum atomic E-state index is -0.813. The number of rotatable bonds is 46. The van der Waals surface area contributed by atoms with Crippen LogP contribution >= 0.6 is 0 Å². The van der Waals surface area contributed by atoms with Gasteiger partial charge in [-0.1, -0.05) is 229 Å². The van der Waals surface area contributed by atoms with Crippen LogP contribution in [0.25, 0.3) is 0 Å². The quantitative estimate of drug-likeness (QED) is 0.0322. The normalized spacial score (nSPS) is 13.7. The summed E-state index contributed by atoms with van der Waals surface area (Å²) in [7, 11) is 0. The van der Waals surface area contributed by atoms with Crippen molar-refractivity contribution in [2.45, 2.75) is 270 Å². The summed E-state index contributed by atoms with van der Waals surface area (Å²) in [5, 5.41) is 23.7. The van der Waals surface area contributed by atoms with Gasteiger partial charge in [-0.3, -0.25) is 9.59 Å².